The maximum atomic E-state index is 9.93. The van der Waals surface area contributed by atoms with Crippen molar-refractivity contribution in [1.82, 2.24) is 0 Å². The number of ether oxygens (including phenoxy) is 1. The van der Waals surface area contributed by atoms with Gasteiger partial charge in [-0.05, 0) is 66.1 Å². The zero-order chi connectivity index (χ0) is 10.9. The van der Waals surface area contributed by atoms with Crippen LogP contribution in [-0.2, 0) is 4.79 Å². The standard InChI is InChI=1S/C12H14IO2/c13-11-5-7-12(8-6-11)15-10-4-2-1-3-9-14/h5-8H,1-4,10H2. The molecule has 3 heteroatoms. The number of unbranched alkanes of at least 4 members (excludes halogenated alkanes) is 3. The molecule has 0 saturated carbocycles. The maximum absolute atomic E-state index is 9.93. The molecule has 1 aromatic rings. The number of halogens is 1. The van der Waals surface area contributed by atoms with E-state index in [2.05, 4.69) is 22.6 Å². The highest BCUT2D eigenvalue weighted by atomic mass is 127. The molecule has 0 fully saturated rings. The molecule has 0 atom stereocenters. The van der Waals surface area contributed by atoms with Crippen LogP contribution >= 0.6 is 22.6 Å². The zero-order valence-corrected chi connectivity index (χ0v) is 10.7. The first kappa shape index (κ1) is 12.5. The number of rotatable bonds is 7. The summed E-state index contributed by atoms with van der Waals surface area (Å²) in [6.45, 7) is 0.722. The summed E-state index contributed by atoms with van der Waals surface area (Å²) in [5.41, 5.74) is 0. The van der Waals surface area contributed by atoms with Gasteiger partial charge in [-0.3, -0.25) is 4.79 Å². The molecule has 0 bridgehead atoms. The Hall–Kier alpha value is -0.580. The van der Waals surface area contributed by atoms with Crippen LogP contribution < -0.4 is 4.74 Å². The summed E-state index contributed by atoms with van der Waals surface area (Å²) in [5.74, 6) is 0.914. The normalized spacial score (nSPS) is 9.93. The summed E-state index contributed by atoms with van der Waals surface area (Å²) in [6.07, 6.45) is 5.37. The summed E-state index contributed by atoms with van der Waals surface area (Å²) in [4.78, 5) is 9.93. The molecule has 0 saturated heterocycles. The van der Waals surface area contributed by atoms with E-state index in [1.165, 1.54) is 3.57 Å². The predicted octanol–water partition coefficient (Wildman–Crippen LogP) is 3.34. The van der Waals surface area contributed by atoms with Crippen LogP contribution in [0.2, 0.25) is 0 Å². The third-order valence-corrected chi connectivity index (χ3v) is 2.72. The molecule has 1 radical (unpaired) electrons. The summed E-state index contributed by atoms with van der Waals surface area (Å²) in [5, 5.41) is 0. The minimum atomic E-state index is 0.545. The van der Waals surface area contributed by atoms with E-state index in [4.69, 9.17) is 4.74 Å². The Morgan fingerprint density at radius 2 is 1.87 bits per heavy atom. The largest absolute Gasteiger partial charge is 0.494 e. The third kappa shape index (κ3) is 5.77. The first-order valence-corrected chi connectivity index (χ1v) is 6.14. The molecule has 0 amide bonds. The highest BCUT2D eigenvalue weighted by molar-refractivity contribution is 14.1. The van der Waals surface area contributed by atoms with Gasteiger partial charge >= 0.3 is 0 Å². The van der Waals surface area contributed by atoms with Crippen molar-refractivity contribution in [2.75, 3.05) is 6.61 Å². The Morgan fingerprint density at radius 1 is 1.13 bits per heavy atom. The van der Waals surface area contributed by atoms with Gasteiger partial charge in [-0.25, -0.2) is 0 Å². The summed E-state index contributed by atoms with van der Waals surface area (Å²) in [7, 11) is 0. The third-order valence-electron chi connectivity index (χ3n) is 2.01. The second-order valence-corrected chi connectivity index (χ2v) is 4.50. The first-order chi connectivity index (χ1) is 7.33. The average Bonchev–Trinajstić information content (AvgIpc) is 2.26. The van der Waals surface area contributed by atoms with Crippen LogP contribution in [0.1, 0.15) is 25.7 Å². The van der Waals surface area contributed by atoms with Crippen LogP contribution in [0.3, 0.4) is 0 Å². The predicted molar refractivity (Wildman–Crippen MR) is 68.8 cm³/mol. The van der Waals surface area contributed by atoms with Crippen molar-refractivity contribution in [1.29, 1.82) is 0 Å². The lowest BCUT2D eigenvalue weighted by Gasteiger charge is -2.05. The van der Waals surface area contributed by atoms with Crippen molar-refractivity contribution in [2.24, 2.45) is 0 Å². The SMILES string of the molecule is O=[C]CCCCCOc1ccc(I)cc1. The van der Waals surface area contributed by atoms with Gasteiger partial charge < -0.3 is 4.74 Å². The molecular weight excluding hydrogens is 303 g/mol. The molecule has 2 nitrogen and oxygen atoms in total. The maximum Gasteiger partial charge on any atom is 0.198 e. The number of carbonyl (C=O) groups excluding carboxylic acids is 1. The van der Waals surface area contributed by atoms with Gasteiger partial charge in [0.2, 0.25) is 0 Å². The second kappa shape index (κ2) is 7.68. The molecule has 0 aliphatic carbocycles. The van der Waals surface area contributed by atoms with Crippen molar-refractivity contribution in [2.45, 2.75) is 25.7 Å². The molecule has 0 spiro atoms. The van der Waals surface area contributed by atoms with E-state index in [9.17, 15) is 4.79 Å². The summed E-state index contributed by atoms with van der Waals surface area (Å²) in [6, 6.07) is 8.00. The van der Waals surface area contributed by atoms with Crippen molar-refractivity contribution >= 4 is 28.9 Å². The van der Waals surface area contributed by atoms with Gasteiger partial charge in [0, 0.05) is 9.99 Å². The van der Waals surface area contributed by atoms with Gasteiger partial charge in [0.25, 0.3) is 0 Å². The number of hydrogen-bond donors (Lipinski definition) is 0. The van der Waals surface area contributed by atoms with Gasteiger partial charge in [0.05, 0.1) is 6.61 Å². The van der Waals surface area contributed by atoms with Gasteiger partial charge in [0.1, 0.15) is 5.75 Å². The molecule has 1 aromatic carbocycles. The van der Waals surface area contributed by atoms with Gasteiger partial charge in [0.15, 0.2) is 6.29 Å². The average molecular weight is 317 g/mol. The molecule has 81 valence electrons. The molecule has 0 aliphatic rings. The minimum absolute atomic E-state index is 0.545. The molecular formula is C12H14IO2. The van der Waals surface area contributed by atoms with Gasteiger partial charge in [-0.15, -0.1) is 0 Å². The molecule has 0 N–H and O–H groups in total. The molecule has 0 aromatic heterocycles. The van der Waals surface area contributed by atoms with Crippen LogP contribution in [0.15, 0.2) is 24.3 Å². The minimum Gasteiger partial charge on any atom is -0.494 e. The monoisotopic (exact) mass is 317 g/mol. The van der Waals surface area contributed by atoms with E-state index >= 15 is 0 Å². The fourth-order valence-corrected chi connectivity index (χ4v) is 1.56. The highest BCUT2D eigenvalue weighted by Gasteiger charge is 1.94. The Labute approximate surface area is 104 Å². The molecule has 0 aliphatic heterocycles. The number of benzene rings is 1. The lowest BCUT2D eigenvalue weighted by atomic mass is 10.2. The lowest BCUT2D eigenvalue weighted by molar-refractivity contribution is 0.305. The van der Waals surface area contributed by atoms with Crippen molar-refractivity contribution in [3.8, 4) is 5.75 Å². The van der Waals surface area contributed by atoms with Gasteiger partial charge in [-0.1, -0.05) is 0 Å². The number of hydrogen-bond acceptors (Lipinski definition) is 2. The Kier molecular flexibility index (Phi) is 6.39. The fourth-order valence-electron chi connectivity index (χ4n) is 1.20. The fraction of sp³-hybridized carbons (Fsp3) is 0.417. The van der Waals surface area contributed by atoms with E-state index in [-0.39, 0.29) is 0 Å². The van der Waals surface area contributed by atoms with Crippen LogP contribution in [0, 0.1) is 3.57 Å². The Morgan fingerprint density at radius 3 is 2.53 bits per heavy atom. The molecule has 15 heavy (non-hydrogen) atoms. The van der Waals surface area contributed by atoms with E-state index in [1.54, 1.807) is 0 Å². The van der Waals surface area contributed by atoms with Crippen molar-refractivity contribution in [3.63, 3.8) is 0 Å². The summed E-state index contributed by atoms with van der Waals surface area (Å²) < 4.78 is 6.75. The van der Waals surface area contributed by atoms with Crippen molar-refractivity contribution in [3.05, 3.63) is 27.8 Å². The lowest BCUT2D eigenvalue weighted by Crippen LogP contribution is -1.97. The quantitative estimate of drug-likeness (QED) is 0.569. The zero-order valence-electron chi connectivity index (χ0n) is 8.54. The Bertz CT molecular complexity index is 282. The molecule has 0 heterocycles. The summed E-state index contributed by atoms with van der Waals surface area (Å²) >= 11 is 2.26. The van der Waals surface area contributed by atoms with E-state index in [0.29, 0.717) is 6.42 Å². The highest BCUT2D eigenvalue weighted by Crippen LogP contribution is 2.13. The van der Waals surface area contributed by atoms with E-state index in [0.717, 1.165) is 31.6 Å². The molecule has 0 unspecified atom stereocenters. The van der Waals surface area contributed by atoms with E-state index < -0.39 is 0 Å². The first-order valence-electron chi connectivity index (χ1n) is 5.06. The Balaban J connectivity index is 2.09. The topological polar surface area (TPSA) is 26.3 Å². The van der Waals surface area contributed by atoms with Gasteiger partial charge in [-0.2, -0.15) is 0 Å². The van der Waals surface area contributed by atoms with Crippen LogP contribution in [0.4, 0.5) is 0 Å². The van der Waals surface area contributed by atoms with E-state index in [1.807, 2.05) is 30.6 Å². The smallest absolute Gasteiger partial charge is 0.198 e. The van der Waals surface area contributed by atoms with Crippen molar-refractivity contribution < 1.29 is 9.53 Å². The van der Waals surface area contributed by atoms with Crippen LogP contribution in [-0.4, -0.2) is 12.9 Å². The van der Waals surface area contributed by atoms with Crippen LogP contribution in [0.25, 0.3) is 0 Å². The molecule has 1 rings (SSSR count). The second-order valence-electron chi connectivity index (χ2n) is 3.26. The van der Waals surface area contributed by atoms with Crippen LogP contribution in [0.5, 0.6) is 5.75 Å².